The van der Waals surface area contributed by atoms with Crippen molar-refractivity contribution >= 4 is 11.5 Å². The van der Waals surface area contributed by atoms with Crippen LogP contribution in [0.2, 0.25) is 0 Å². The van der Waals surface area contributed by atoms with E-state index in [9.17, 15) is 4.79 Å². The Morgan fingerprint density at radius 2 is 2.29 bits per heavy atom. The molecular formula is C12H12N2O3. The van der Waals surface area contributed by atoms with Crippen molar-refractivity contribution < 1.29 is 14.6 Å². The van der Waals surface area contributed by atoms with Gasteiger partial charge >= 0.3 is 5.97 Å². The fraction of sp³-hybridized carbons (Fsp3) is 0.333. The van der Waals surface area contributed by atoms with Gasteiger partial charge in [-0.1, -0.05) is 0 Å². The van der Waals surface area contributed by atoms with Crippen LogP contribution in [0.15, 0.2) is 18.3 Å². The van der Waals surface area contributed by atoms with E-state index >= 15 is 0 Å². The second kappa shape index (κ2) is 3.48. The first-order valence-corrected chi connectivity index (χ1v) is 5.49. The minimum Gasteiger partial charge on any atom is -0.494 e. The molecule has 0 amide bonds. The summed E-state index contributed by atoms with van der Waals surface area (Å²) in [5, 5.41) is 13.4. The fourth-order valence-electron chi connectivity index (χ4n) is 1.94. The Morgan fingerprint density at radius 1 is 1.53 bits per heavy atom. The molecule has 1 aliphatic rings. The number of ether oxygens (including phenoxy) is 1. The zero-order valence-electron chi connectivity index (χ0n) is 9.38. The summed E-state index contributed by atoms with van der Waals surface area (Å²) in [6.45, 7) is 0. The number of nitrogens with zero attached hydrogens (tertiary/aromatic N) is 2. The molecule has 1 N–H and O–H groups in total. The summed E-state index contributed by atoms with van der Waals surface area (Å²) < 4.78 is 6.80. The molecule has 0 saturated heterocycles. The summed E-state index contributed by atoms with van der Waals surface area (Å²) in [5.74, 6) is 0.103. The third kappa shape index (κ3) is 1.63. The van der Waals surface area contributed by atoms with Crippen LogP contribution in [-0.2, 0) is 0 Å². The van der Waals surface area contributed by atoms with Crippen molar-refractivity contribution in [3.63, 3.8) is 0 Å². The van der Waals surface area contributed by atoms with Crippen LogP contribution in [-0.4, -0.2) is 27.8 Å². The second-order valence-electron chi connectivity index (χ2n) is 4.28. The lowest BCUT2D eigenvalue weighted by Crippen LogP contribution is -2.01. The molecule has 17 heavy (non-hydrogen) atoms. The Balaban J connectivity index is 2.21. The minimum absolute atomic E-state index is 0.180. The Kier molecular flexibility index (Phi) is 2.07. The van der Waals surface area contributed by atoms with E-state index in [1.165, 1.54) is 19.4 Å². The van der Waals surface area contributed by atoms with Crippen molar-refractivity contribution in [3.8, 4) is 5.75 Å². The molecular weight excluding hydrogens is 220 g/mol. The molecule has 5 nitrogen and oxygen atoms in total. The number of aromatic carboxylic acids is 1. The number of methoxy groups -OCH3 is 1. The summed E-state index contributed by atoms with van der Waals surface area (Å²) in [6, 6.07) is 3.50. The molecule has 2 aromatic heterocycles. The van der Waals surface area contributed by atoms with E-state index in [2.05, 4.69) is 5.10 Å². The van der Waals surface area contributed by atoms with Crippen molar-refractivity contribution in [1.29, 1.82) is 0 Å². The highest BCUT2D eigenvalue weighted by Crippen LogP contribution is 2.40. The first-order valence-electron chi connectivity index (χ1n) is 5.49. The number of carboxylic acids is 1. The summed E-state index contributed by atoms with van der Waals surface area (Å²) >= 11 is 0. The smallest absolute Gasteiger partial charge is 0.337 e. The molecule has 0 aromatic carbocycles. The molecule has 2 heterocycles. The number of carboxylic acid groups (broad SMARTS) is 1. The predicted octanol–water partition coefficient (Wildman–Crippen LogP) is 1.92. The van der Waals surface area contributed by atoms with Gasteiger partial charge in [-0.25, -0.2) is 9.31 Å². The van der Waals surface area contributed by atoms with Crippen molar-refractivity contribution in [3.05, 3.63) is 29.6 Å². The number of rotatable bonds is 3. The Labute approximate surface area is 97.6 Å². The predicted molar refractivity (Wildman–Crippen MR) is 60.7 cm³/mol. The van der Waals surface area contributed by atoms with Crippen LogP contribution < -0.4 is 4.74 Å². The largest absolute Gasteiger partial charge is 0.494 e. The van der Waals surface area contributed by atoms with Gasteiger partial charge in [-0.05, 0) is 25.0 Å². The monoisotopic (exact) mass is 232 g/mol. The Morgan fingerprint density at radius 3 is 2.88 bits per heavy atom. The highest BCUT2D eigenvalue weighted by molar-refractivity contribution is 5.88. The van der Waals surface area contributed by atoms with Gasteiger partial charge in [0.2, 0.25) is 0 Å². The minimum atomic E-state index is -0.978. The van der Waals surface area contributed by atoms with E-state index in [4.69, 9.17) is 9.84 Å². The summed E-state index contributed by atoms with van der Waals surface area (Å²) in [5.41, 5.74) is 2.02. The van der Waals surface area contributed by atoms with E-state index in [1.54, 1.807) is 4.52 Å². The maximum atomic E-state index is 11.0. The highest BCUT2D eigenvalue weighted by atomic mass is 16.5. The van der Waals surface area contributed by atoms with Gasteiger partial charge in [-0.2, -0.15) is 5.10 Å². The van der Waals surface area contributed by atoms with Crippen LogP contribution in [0.4, 0.5) is 0 Å². The topological polar surface area (TPSA) is 63.8 Å². The third-order valence-electron chi connectivity index (χ3n) is 3.02. The van der Waals surface area contributed by atoms with E-state index in [0.717, 1.165) is 24.1 Å². The second-order valence-corrected chi connectivity index (χ2v) is 4.28. The maximum Gasteiger partial charge on any atom is 0.337 e. The van der Waals surface area contributed by atoms with Crippen molar-refractivity contribution in [1.82, 2.24) is 9.61 Å². The van der Waals surface area contributed by atoms with E-state index in [0.29, 0.717) is 11.7 Å². The van der Waals surface area contributed by atoms with Crippen LogP contribution in [0.1, 0.15) is 34.8 Å². The average molecular weight is 232 g/mol. The highest BCUT2D eigenvalue weighted by Gasteiger charge is 2.27. The van der Waals surface area contributed by atoms with Crippen LogP contribution in [0.5, 0.6) is 5.75 Å². The zero-order valence-corrected chi connectivity index (χ0v) is 9.38. The molecule has 5 heteroatoms. The average Bonchev–Trinajstić information content (AvgIpc) is 3.07. The van der Waals surface area contributed by atoms with Gasteiger partial charge in [-0.3, -0.25) is 0 Å². The lowest BCUT2D eigenvalue weighted by Gasteiger charge is -2.03. The van der Waals surface area contributed by atoms with Gasteiger partial charge in [0.1, 0.15) is 11.3 Å². The van der Waals surface area contributed by atoms with Crippen molar-refractivity contribution in [2.45, 2.75) is 18.8 Å². The molecule has 1 saturated carbocycles. The van der Waals surface area contributed by atoms with Crippen LogP contribution in [0.3, 0.4) is 0 Å². The Hall–Kier alpha value is -2.04. The number of aromatic nitrogens is 2. The normalized spacial score (nSPS) is 15.1. The van der Waals surface area contributed by atoms with Crippen molar-refractivity contribution in [2.75, 3.05) is 7.11 Å². The first kappa shape index (κ1) is 10.1. The first-order chi connectivity index (χ1) is 8.19. The summed E-state index contributed by atoms with van der Waals surface area (Å²) in [6.07, 6.45) is 3.85. The van der Waals surface area contributed by atoms with Gasteiger partial charge < -0.3 is 9.84 Å². The summed E-state index contributed by atoms with van der Waals surface area (Å²) in [7, 11) is 1.53. The quantitative estimate of drug-likeness (QED) is 0.878. The molecule has 0 radical (unpaired) electrons. The lowest BCUT2D eigenvalue weighted by molar-refractivity contribution is 0.0696. The van der Waals surface area contributed by atoms with Gasteiger partial charge in [0, 0.05) is 12.1 Å². The zero-order chi connectivity index (χ0) is 12.0. The fourth-order valence-corrected chi connectivity index (χ4v) is 1.94. The van der Waals surface area contributed by atoms with E-state index < -0.39 is 5.97 Å². The number of hydrogen-bond donors (Lipinski definition) is 1. The molecule has 3 rings (SSSR count). The van der Waals surface area contributed by atoms with Gasteiger partial charge in [0.05, 0.1) is 18.4 Å². The van der Waals surface area contributed by atoms with E-state index in [1.807, 2.05) is 6.07 Å². The molecule has 0 atom stereocenters. The maximum absolute atomic E-state index is 11.0. The van der Waals surface area contributed by atoms with Gasteiger partial charge in [-0.15, -0.1) is 0 Å². The summed E-state index contributed by atoms with van der Waals surface area (Å²) in [4.78, 5) is 11.0. The Bertz CT molecular complexity index is 599. The van der Waals surface area contributed by atoms with Gasteiger partial charge in [0.25, 0.3) is 0 Å². The molecule has 0 aliphatic heterocycles. The number of fused-ring (bicyclic) bond motifs is 1. The number of pyridine rings is 1. The van der Waals surface area contributed by atoms with Crippen molar-refractivity contribution in [2.24, 2.45) is 0 Å². The number of carbonyl (C=O) groups is 1. The molecule has 1 aliphatic carbocycles. The van der Waals surface area contributed by atoms with Gasteiger partial charge in [0.15, 0.2) is 0 Å². The lowest BCUT2D eigenvalue weighted by atomic mass is 10.2. The molecule has 0 unspecified atom stereocenters. The van der Waals surface area contributed by atoms with E-state index in [-0.39, 0.29) is 5.56 Å². The molecule has 1 fully saturated rings. The molecule has 0 spiro atoms. The van der Waals surface area contributed by atoms with Crippen LogP contribution in [0.25, 0.3) is 5.52 Å². The molecule has 88 valence electrons. The van der Waals surface area contributed by atoms with Crippen LogP contribution >= 0.6 is 0 Å². The third-order valence-corrected chi connectivity index (χ3v) is 3.02. The standard InChI is InChI=1S/C12H12N2O3/c1-17-11-4-8(12(15)16)6-14-10(11)5-9(13-14)7-2-3-7/h4-7H,2-3H2,1H3,(H,15,16). The molecule has 2 aromatic rings. The number of hydrogen-bond acceptors (Lipinski definition) is 3. The molecule has 0 bridgehead atoms. The van der Waals surface area contributed by atoms with Crippen LogP contribution in [0, 0.1) is 0 Å². The SMILES string of the molecule is COc1cc(C(=O)O)cn2nc(C3CC3)cc12.